The van der Waals surface area contributed by atoms with Gasteiger partial charge < -0.3 is 10.6 Å². The molecule has 1 aliphatic rings. The molecular formula is C15H26N4. The average molecular weight is 262 g/mol. The van der Waals surface area contributed by atoms with E-state index in [-0.39, 0.29) is 0 Å². The summed E-state index contributed by atoms with van der Waals surface area (Å²) >= 11 is 0. The molecule has 4 heteroatoms. The molecule has 19 heavy (non-hydrogen) atoms. The van der Waals surface area contributed by atoms with Crippen molar-refractivity contribution < 1.29 is 0 Å². The molecule has 0 amide bonds. The molecule has 4 nitrogen and oxygen atoms in total. The Kier molecular flexibility index (Phi) is 5.14. The van der Waals surface area contributed by atoms with Gasteiger partial charge in [0.25, 0.3) is 0 Å². The molecule has 0 aromatic carbocycles. The second-order valence-electron chi connectivity index (χ2n) is 5.62. The molecule has 0 saturated heterocycles. The van der Waals surface area contributed by atoms with E-state index in [1.165, 1.54) is 32.1 Å². The maximum absolute atomic E-state index is 5.54. The lowest BCUT2D eigenvalue weighted by Crippen LogP contribution is -2.36. The maximum atomic E-state index is 5.54. The molecule has 2 rings (SSSR count). The Bertz CT molecular complexity index is 368. The lowest BCUT2D eigenvalue weighted by atomic mass is 9.84. The predicted molar refractivity (Wildman–Crippen MR) is 79.2 cm³/mol. The fourth-order valence-corrected chi connectivity index (χ4v) is 2.93. The van der Waals surface area contributed by atoms with Crippen LogP contribution in [-0.4, -0.2) is 29.6 Å². The van der Waals surface area contributed by atoms with Gasteiger partial charge >= 0.3 is 0 Å². The van der Waals surface area contributed by atoms with Crippen LogP contribution in [0.3, 0.4) is 0 Å². The second kappa shape index (κ2) is 6.85. The van der Waals surface area contributed by atoms with Crippen LogP contribution < -0.4 is 10.6 Å². The zero-order chi connectivity index (χ0) is 13.7. The van der Waals surface area contributed by atoms with Crippen LogP contribution in [0.15, 0.2) is 12.4 Å². The summed E-state index contributed by atoms with van der Waals surface area (Å²) in [5.41, 5.74) is 6.66. The molecular weight excluding hydrogens is 236 g/mol. The molecule has 0 atom stereocenters. The van der Waals surface area contributed by atoms with Gasteiger partial charge in [0.2, 0.25) is 5.95 Å². The summed E-state index contributed by atoms with van der Waals surface area (Å²) in [6.07, 6.45) is 11.2. The molecule has 1 aromatic heterocycles. The smallest absolute Gasteiger partial charge is 0.225 e. The Morgan fingerprint density at radius 1 is 1.21 bits per heavy atom. The third kappa shape index (κ3) is 3.66. The highest BCUT2D eigenvalue weighted by Gasteiger charge is 2.24. The van der Waals surface area contributed by atoms with E-state index in [0.29, 0.717) is 12.6 Å². The van der Waals surface area contributed by atoms with Crippen LogP contribution >= 0.6 is 0 Å². The Morgan fingerprint density at radius 3 is 2.37 bits per heavy atom. The minimum absolute atomic E-state index is 0.600. The van der Waals surface area contributed by atoms with Crippen LogP contribution in [-0.2, 0) is 6.42 Å². The fraction of sp³-hybridized carbons (Fsp3) is 0.733. The number of nitrogens with zero attached hydrogens (tertiary/aromatic N) is 3. The summed E-state index contributed by atoms with van der Waals surface area (Å²) in [5, 5.41) is 0. The molecule has 2 N–H and O–H groups in total. The standard InChI is InChI=1S/C15H26N4/c1-3-12-4-6-14(7-5-12)19(2)15-17-10-13(8-9-16)11-18-15/h10-12,14H,3-9,16H2,1-2H3. The third-order valence-electron chi connectivity index (χ3n) is 4.38. The second-order valence-corrected chi connectivity index (χ2v) is 5.62. The predicted octanol–water partition coefficient (Wildman–Crippen LogP) is 2.38. The van der Waals surface area contributed by atoms with Crippen LogP contribution in [0.4, 0.5) is 5.95 Å². The first-order valence-electron chi connectivity index (χ1n) is 7.48. The molecule has 0 bridgehead atoms. The molecule has 0 spiro atoms. The van der Waals surface area contributed by atoms with Gasteiger partial charge in [-0.2, -0.15) is 0 Å². The molecule has 1 aromatic rings. The molecule has 1 fully saturated rings. The summed E-state index contributed by atoms with van der Waals surface area (Å²) < 4.78 is 0. The van der Waals surface area contributed by atoms with Crippen LogP contribution in [0.5, 0.6) is 0 Å². The van der Waals surface area contributed by atoms with Crippen molar-refractivity contribution in [1.82, 2.24) is 9.97 Å². The highest BCUT2D eigenvalue weighted by molar-refractivity contribution is 5.30. The van der Waals surface area contributed by atoms with Crippen molar-refractivity contribution in [3.63, 3.8) is 0 Å². The zero-order valence-corrected chi connectivity index (χ0v) is 12.2. The van der Waals surface area contributed by atoms with Crippen LogP contribution in [0.1, 0.15) is 44.6 Å². The molecule has 1 heterocycles. The number of rotatable bonds is 5. The topological polar surface area (TPSA) is 55.0 Å². The SMILES string of the molecule is CCC1CCC(N(C)c2ncc(CCN)cn2)CC1. The number of nitrogens with two attached hydrogens (primary N) is 1. The molecule has 0 aliphatic heterocycles. The third-order valence-corrected chi connectivity index (χ3v) is 4.38. The van der Waals surface area contributed by atoms with E-state index in [9.17, 15) is 0 Å². The first-order chi connectivity index (χ1) is 9.24. The number of anilines is 1. The number of aromatic nitrogens is 2. The summed E-state index contributed by atoms with van der Waals surface area (Å²) in [5.74, 6) is 1.78. The van der Waals surface area contributed by atoms with Gasteiger partial charge in [0.1, 0.15) is 0 Å². The fourth-order valence-electron chi connectivity index (χ4n) is 2.93. The summed E-state index contributed by atoms with van der Waals surface area (Å²) in [6.45, 7) is 2.95. The molecule has 0 unspecified atom stereocenters. The van der Waals surface area contributed by atoms with E-state index in [0.717, 1.165) is 23.9 Å². The van der Waals surface area contributed by atoms with Crippen LogP contribution in [0.2, 0.25) is 0 Å². The Hall–Kier alpha value is -1.16. The largest absolute Gasteiger partial charge is 0.341 e. The summed E-state index contributed by atoms with van der Waals surface area (Å²) in [6, 6.07) is 0.600. The van der Waals surface area contributed by atoms with Gasteiger partial charge in [0.15, 0.2) is 0 Å². The van der Waals surface area contributed by atoms with Crippen molar-refractivity contribution >= 4 is 5.95 Å². The van der Waals surface area contributed by atoms with Crippen LogP contribution in [0.25, 0.3) is 0 Å². The van der Waals surface area contributed by atoms with Crippen molar-refractivity contribution in [1.29, 1.82) is 0 Å². The highest BCUT2D eigenvalue weighted by atomic mass is 15.2. The monoisotopic (exact) mass is 262 g/mol. The Balaban J connectivity index is 1.94. The highest BCUT2D eigenvalue weighted by Crippen LogP contribution is 2.30. The Morgan fingerprint density at radius 2 is 1.84 bits per heavy atom. The van der Waals surface area contributed by atoms with Gasteiger partial charge in [-0.3, -0.25) is 0 Å². The minimum Gasteiger partial charge on any atom is -0.341 e. The van der Waals surface area contributed by atoms with Gasteiger partial charge in [0, 0.05) is 25.5 Å². The molecule has 106 valence electrons. The van der Waals surface area contributed by atoms with Crippen molar-refractivity contribution in [2.45, 2.75) is 51.5 Å². The lowest BCUT2D eigenvalue weighted by molar-refractivity contribution is 0.312. The normalized spacial score (nSPS) is 23.3. The van der Waals surface area contributed by atoms with Gasteiger partial charge in [-0.1, -0.05) is 13.3 Å². The van der Waals surface area contributed by atoms with Crippen molar-refractivity contribution in [2.24, 2.45) is 11.7 Å². The lowest BCUT2D eigenvalue weighted by Gasteiger charge is -2.34. The zero-order valence-electron chi connectivity index (χ0n) is 12.2. The number of hydrogen-bond acceptors (Lipinski definition) is 4. The summed E-state index contributed by atoms with van der Waals surface area (Å²) in [7, 11) is 2.12. The van der Waals surface area contributed by atoms with Gasteiger partial charge in [-0.25, -0.2) is 9.97 Å². The quantitative estimate of drug-likeness (QED) is 0.885. The van der Waals surface area contributed by atoms with Crippen molar-refractivity contribution in [3.05, 3.63) is 18.0 Å². The van der Waals surface area contributed by atoms with E-state index in [2.05, 4.69) is 28.8 Å². The number of hydrogen-bond donors (Lipinski definition) is 1. The van der Waals surface area contributed by atoms with Gasteiger partial charge in [-0.15, -0.1) is 0 Å². The Labute approximate surface area is 116 Å². The van der Waals surface area contributed by atoms with Crippen LogP contribution in [0, 0.1) is 5.92 Å². The van der Waals surface area contributed by atoms with E-state index in [1.54, 1.807) is 0 Å². The first kappa shape index (κ1) is 14.3. The van der Waals surface area contributed by atoms with E-state index >= 15 is 0 Å². The van der Waals surface area contributed by atoms with Gasteiger partial charge in [-0.05, 0) is 50.1 Å². The molecule has 1 aliphatic carbocycles. The molecule has 1 saturated carbocycles. The summed E-state index contributed by atoms with van der Waals surface area (Å²) in [4.78, 5) is 11.2. The molecule has 0 radical (unpaired) electrons. The van der Waals surface area contributed by atoms with Crippen molar-refractivity contribution in [2.75, 3.05) is 18.5 Å². The van der Waals surface area contributed by atoms with Gasteiger partial charge in [0.05, 0.1) is 0 Å². The first-order valence-corrected chi connectivity index (χ1v) is 7.48. The van der Waals surface area contributed by atoms with Crippen molar-refractivity contribution in [3.8, 4) is 0 Å². The van der Waals surface area contributed by atoms with E-state index < -0.39 is 0 Å². The minimum atomic E-state index is 0.600. The van der Waals surface area contributed by atoms with E-state index in [4.69, 9.17) is 5.73 Å². The van der Waals surface area contributed by atoms with E-state index in [1.807, 2.05) is 12.4 Å². The maximum Gasteiger partial charge on any atom is 0.225 e. The average Bonchev–Trinajstić information content (AvgIpc) is 2.48.